The summed E-state index contributed by atoms with van der Waals surface area (Å²) in [5.74, 6) is 0. The fourth-order valence-corrected chi connectivity index (χ4v) is 2.84. The highest BCUT2D eigenvalue weighted by Crippen LogP contribution is 2.32. The van der Waals surface area contributed by atoms with E-state index in [4.69, 9.17) is 4.74 Å². The van der Waals surface area contributed by atoms with Gasteiger partial charge in [-0.2, -0.15) is 5.26 Å². The van der Waals surface area contributed by atoms with Crippen molar-refractivity contribution in [1.29, 1.82) is 5.26 Å². The quantitative estimate of drug-likeness (QED) is 0.778. The Morgan fingerprint density at radius 1 is 1.18 bits per heavy atom. The summed E-state index contributed by atoms with van der Waals surface area (Å²) >= 11 is 0. The molecule has 1 saturated heterocycles. The average molecular weight is 227 g/mol. The van der Waals surface area contributed by atoms with Gasteiger partial charge in [0.15, 0.2) is 0 Å². The second kappa shape index (κ2) is 4.16. The van der Waals surface area contributed by atoms with Crippen LogP contribution in [0.4, 0.5) is 0 Å². The Balaban J connectivity index is 1.82. The third-order valence-electron chi connectivity index (χ3n) is 3.95. The molecule has 17 heavy (non-hydrogen) atoms. The molecule has 2 heteroatoms. The van der Waals surface area contributed by atoms with Gasteiger partial charge in [-0.05, 0) is 48.8 Å². The standard InChI is InChI=1S/C15H17NO/c16-9-15(10-17-11-15)8-12-5-6-13-3-1-2-4-14(13)7-12/h5-7H,1-4,8,10-11H2. The molecule has 1 aromatic rings. The summed E-state index contributed by atoms with van der Waals surface area (Å²) in [6, 6.07) is 9.18. The lowest BCUT2D eigenvalue weighted by molar-refractivity contribution is -0.0765. The predicted molar refractivity (Wildman–Crippen MR) is 65.7 cm³/mol. The largest absolute Gasteiger partial charge is 0.378 e. The minimum atomic E-state index is -0.247. The molecule has 0 amide bonds. The van der Waals surface area contributed by atoms with Gasteiger partial charge in [0, 0.05) is 0 Å². The molecule has 1 fully saturated rings. The van der Waals surface area contributed by atoms with E-state index >= 15 is 0 Å². The number of nitriles is 1. The molecule has 88 valence electrons. The molecule has 0 spiro atoms. The van der Waals surface area contributed by atoms with Gasteiger partial charge in [-0.1, -0.05) is 18.2 Å². The van der Waals surface area contributed by atoms with Crippen LogP contribution in [0, 0.1) is 16.7 Å². The van der Waals surface area contributed by atoms with Gasteiger partial charge >= 0.3 is 0 Å². The van der Waals surface area contributed by atoms with Crippen molar-refractivity contribution in [2.24, 2.45) is 5.41 Å². The van der Waals surface area contributed by atoms with Gasteiger partial charge in [0.05, 0.1) is 19.3 Å². The lowest BCUT2D eigenvalue weighted by Gasteiger charge is -2.35. The maximum absolute atomic E-state index is 9.21. The molecular formula is C15H17NO. The summed E-state index contributed by atoms with van der Waals surface area (Å²) < 4.78 is 5.19. The van der Waals surface area contributed by atoms with Crippen molar-refractivity contribution in [2.45, 2.75) is 32.1 Å². The first kappa shape index (κ1) is 10.8. The maximum Gasteiger partial charge on any atom is 0.108 e. The summed E-state index contributed by atoms with van der Waals surface area (Å²) in [6.07, 6.45) is 5.91. The molecule has 2 nitrogen and oxygen atoms in total. The molecular weight excluding hydrogens is 210 g/mol. The third-order valence-corrected chi connectivity index (χ3v) is 3.95. The molecule has 0 atom stereocenters. The first-order chi connectivity index (χ1) is 8.31. The number of nitrogens with zero attached hydrogens (tertiary/aromatic N) is 1. The molecule has 1 aliphatic heterocycles. The molecule has 0 N–H and O–H groups in total. The Labute approximate surface area is 102 Å². The lowest BCUT2D eigenvalue weighted by atomic mass is 9.80. The van der Waals surface area contributed by atoms with Gasteiger partial charge in [0.2, 0.25) is 0 Å². The van der Waals surface area contributed by atoms with Crippen LogP contribution < -0.4 is 0 Å². The van der Waals surface area contributed by atoms with Crippen molar-refractivity contribution in [3.05, 3.63) is 34.9 Å². The second-order valence-electron chi connectivity index (χ2n) is 5.37. The maximum atomic E-state index is 9.21. The summed E-state index contributed by atoms with van der Waals surface area (Å²) in [5.41, 5.74) is 4.07. The SMILES string of the molecule is N#CC1(Cc2ccc3c(c2)CCCC3)COC1. The fourth-order valence-electron chi connectivity index (χ4n) is 2.84. The van der Waals surface area contributed by atoms with E-state index in [0.717, 1.165) is 6.42 Å². The van der Waals surface area contributed by atoms with E-state index in [9.17, 15) is 5.26 Å². The number of rotatable bonds is 2. The normalized spacial score (nSPS) is 21.1. The van der Waals surface area contributed by atoms with Crippen molar-refractivity contribution in [3.63, 3.8) is 0 Å². The lowest BCUT2D eigenvalue weighted by Crippen LogP contribution is -2.43. The van der Waals surface area contributed by atoms with Crippen LogP contribution in [-0.2, 0) is 24.0 Å². The van der Waals surface area contributed by atoms with Crippen LogP contribution >= 0.6 is 0 Å². The molecule has 3 rings (SSSR count). The van der Waals surface area contributed by atoms with Crippen molar-refractivity contribution >= 4 is 0 Å². The Bertz CT molecular complexity index is 468. The Kier molecular flexibility index (Phi) is 2.64. The molecule has 1 aromatic carbocycles. The number of fused-ring (bicyclic) bond motifs is 1. The van der Waals surface area contributed by atoms with Crippen molar-refractivity contribution < 1.29 is 4.74 Å². The van der Waals surface area contributed by atoms with E-state index in [2.05, 4.69) is 24.3 Å². The van der Waals surface area contributed by atoms with E-state index in [1.165, 1.54) is 42.4 Å². The third kappa shape index (κ3) is 1.96. The summed E-state index contributed by atoms with van der Waals surface area (Å²) in [4.78, 5) is 0. The minimum Gasteiger partial charge on any atom is -0.378 e. The van der Waals surface area contributed by atoms with Crippen LogP contribution in [0.1, 0.15) is 29.5 Å². The Morgan fingerprint density at radius 2 is 1.94 bits per heavy atom. The molecule has 1 aliphatic carbocycles. The van der Waals surface area contributed by atoms with Gasteiger partial charge in [0.25, 0.3) is 0 Å². The van der Waals surface area contributed by atoms with Crippen molar-refractivity contribution in [3.8, 4) is 6.07 Å². The molecule has 1 heterocycles. The number of ether oxygens (including phenoxy) is 1. The molecule has 0 unspecified atom stereocenters. The summed E-state index contributed by atoms with van der Waals surface area (Å²) in [5, 5.41) is 9.21. The van der Waals surface area contributed by atoms with Crippen LogP contribution in [0.2, 0.25) is 0 Å². The topological polar surface area (TPSA) is 33.0 Å². The zero-order valence-electron chi connectivity index (χ0n) is 10.0. The number of aryl methyl sites for hydroxylation is 2. The predicted octanol–water partition coefficient (Wildman–Crippen LogP) is 2.65. The number of hydrogen-bond donors (Lipinski definition) is 0. The molecule has 2 aliphatic rings. The van der Waals surface area contributed by atoms with Gasteiger partial charge in [0.1, 0.15) is 5.41 Å². The first-order valence-electron chi connectivity index (χ1n) is 6.41. The smallest absolute Gasteiger partial charge is 0.108 e. The highest BCUT2D eigenvalue weighted by molar-refractivity contribution is 5.35. The highest BCUT2D eigenvalue weighted by Gasteiger charge is 2.39. The average Bonchev–Trinajstić information content (AvgIpc) is 2.34. The van der Waals surface area contributed by atoms with Crippen LogP contribution in [-0.4, -0.2) is 13.2 Å². The molecule has 0 saturated carbocycles. The van der Waals surface area contributed by atoms with Crippen LogP contribution in [0.15, 0.2) is 18.2 Å². The Morgan fingerprint density at radius 3 is 2.59 bits per heavy atom. The summed E-state index contributed by atoms with van der Waals surface area (Å²) in [6.45, 7) is 1.20. The first-order valence-corrected chi connectivity index (χ1v) is 6.41. The minimum absolute atomic E-state index is 0.247. The van der Waals surface area contributed by atoms with Crippen molar-refractivity contribution in [1.82, 2.24) is 0 Å². The zero-order valence-corrected chi connectivity index (χ0v) is 10.0. The van der Waals surface area contributed by atoms with E-state index < -0.39 is 0 Å². The number of hydrogen-bond acceptors (Lipinski definition) is 2. The van der Waals surface area contributed by atoms with Crippen LogP contribution in [0.3, 0.4) is 0 Å². The Hall–Kier alpha value is -1.33. The highest BCUT2D eigenvalue weighted by atomic mass is 16.5. The van der Waals surface area contributed by atoms with Gasteiger partial charge in [-0.15, -0.1) is 0 Å². The molecule has 0 bridgehead atoms. The summed E-state index contributed by atoms with van der Waals surface area (Å²) in [7, 11) is 0. The van der Waals surface area contributed by atoms with E-state index in [1.807, 2.05) is 0 Å². The monoisotopic (exact) mass is 227 g/mol. The fraction of sp³-hybridized carbons (Fsp3) is 0.533. The zero-order chi connectivity index (χ0) is 11.7. The van der Waals surface area contributed by atoms with Crippen molar-refractivity contribution in [2.75, 3.05) is 13.2 Å². The number of benzene rings is 1. The van der Waals surface area contributed by atoms with Gasteiger partial charge in [-0.25, -0.2) is 0 Å². The van der Waals surface area contributed by atoms with E-state index in [-0.39, 0.29) is 5.41 Å². The van der Waals surface area contributed by atoms with Crippen LogP contribution in [0.5, 0.6) is 0 Å². The molecule has 0 aromatic heterocycles. The molecule has 0 radical (unpaired) electrons. The second-order valence-corrected chi connectivity index (χ2v) is 5.37. The van der Waals surface area contributed by atoms with E-state index in [1.54, 1.807) is 0 Å². The van der Waals surface area contributed by atoms with Crippen LogP contribution in [0.25, 0.3) is 0 Å². The van der Waals surface area contributed by atoms with Gasteiger partial charge < -0.3 is 4.74 Å². The van der Waals surface area contributed by atoms with Gasteiger partial charge in [-0.3, -0.25) is 0 Å². The van der Waals surface area contributed by atoms with E-state index in [0.29, 0.717) is 13.2 Å².